The summed E-state index contributed by atoms with van der Waals surface area (Å²) in [5.74, 6) is 0.125. The average molecular weight is 731 g/mol. The SMILES string of the molecule is COC(=O)c1cccc(NCc2nc(-c3ccc4ncc(OCCNC(=O)CCCOc5ccc(C(C)=O)cc5)cc4c3)c(-c3cccc(C)n3)[nH]2)c1F. The number of halogens is 1. The van der Waals surface area contributed by atoms with Crippen molar-refractivity contribution in [3.05, 3.63) is 120 Å². The lowest BCUT2D eigenvalue weighted by Gasteiger charge is -2.10. The fourth-order valence-corrected chi connectivity index (χ4v) is 5.69. The predicted molar refractivity (Wildman–Crippen MR) is 202 cm³/mol. The van der Waals surface area contributed by atoms with E-state index >= 15 is 4.39 Å². The fraction of sp³-hybridized carbons (Fsp3) is 0.220. The summed E-state index contributed by atoms with van der Waals surface area (Å²) in [5, 5.41) is 6.71. The minimum atomic E-state index is -0.764. The first-order chi connectivity index (χ1) is 26.2. The number of aromatic nitrogens is 4. The van der Waals surface area contributed by atoms with Gasteiger partial charge in [0.05, 0.1) is 66.9 Å². The first-order valence-corrected chi connectivity index (χ1v) is 17.4. The molecule has 12 nitrogen and oxygen atoms in total. The number of aryl methyl sites for hydroxylation is 1. The van der Waals surface area contributed by atoms with E-state index in [0.717, 1.165) is 22.2 Å². The number of hydrogen-bond donors (Lipinski definition) is 3. The maximum Gasteiger partial charge on any atom is 0.340 e. The zero-order chi connectivity index (χ0) is 38.0. The maximum atomic E-state index is 15.1. The monoisotopic (exact) mass is 730 g/mol. The molecule has 1 amide bonds. The van der Waals surface area contributed by atoms with Crippen molar-refractivity contribution < 1.29 is 33.0 Å². The van der Waals surface area contributed by atoms with Crippen molar-refractivity contribution in [2.24, 2.45) is 0 Å². The van der Waals surface area contributed by atoms with Gasteiger partial charge in [0.25, 0.3) is 0 Å². The molecule has 3 aromatic heterocycles. The number of imidazole rings is 1. The highest BCUT2D eigenvalue weighted by molar-refractivity contribution is 5.94. The zero-order valence-electron chi connectivity index (χ0n) is 30.1. The number of amides is 1. The molecule has 54 heavy (non-hydrogen) atoms. The van der Waals surface area contributed by atoms with Crippen molar-refractivity contribution in [2.45, 2.75) is 33.2 Å². The van der Waals surface area contributed by atoms with Crippen LogP contribution in [-0.2, 0) is 16.1 Å². The predicted octanol–water partition coefficient (Wildman–Crippen LogP) is 7.09. The molecule has 0 atom stereocenters. The molecule has 276 valence electrons. The standard InChI is InChI=1S/C41H39FN6O6/c1-25-7-4-10-35(46-25)40-39(47-36(48-40)24-45-34-9-5-8-32(38(34)42)41(51)52-3)28-14-17-33-29(21-28)22-31(23-44-33)54-20-18-43-37(50)11-6-19-53-30-15-12-27(13-16-30)26(2)49/h4-5,7-10,12-17,21-23,45H,6,11,18-20,24H2,1-3H3,(H,43,50)(H,47,48). The number of carbonyl (C=O) groups excluding carboxylic acids is 3. The Morgan fingerprint density at radius 3 is 2.46 bits per heavy atom. The van der Waals surface area contributed by atoms with E-state index in [1.54, 1.807) is 36.5 Å². The van der Waals surface area contributed by atoms with Gasteiger partial charge in [-0.2, -0.15) is 0 Å². The van der Waals surface area contributed by atoms with Crippen LogP contribution < -0.4 is 20.1 Å². The highest BCUT2D eigenvalue weighted by Crippen LogP contribution is 2.32. The number of ketones is 1. The van der Waals surface area contributed by atoms with E-state index in [4.69, 9.17) is 24.2 Å². The second-order valence-electron chi connectivity index (χ2n) is 12.4. The Bertz CT molecular complexity index is 2290. The van der Waals surface area contributed by atoms with Crippen LogP contribution in [0, 0.1) is 12.7 Å². The van der Waals surface area contributed by atoms with Crippen LogP contribution in [0.25, 0.3) is 33.5 Å². The Kier molecular flexibility index (Phi) is 11.9. The number of Topliss-reactive ketones (excluding diaryl/α,β-unsaturated/α-hetero) is 1. The second-order valence-corrected chi connectivity index (χ2v) is 12.4. The average Bonchev–Trinajstić information content (AvgIpc) is 3.62. The number of aromatic amines is 1. The summed E-state index contributed by atoms with van der Waals surface area (Å²) in [5.41, 5.74) is 4.98. The van der Waals surface area contributed by atoms with E-state index < -0.39 is 11.8 Å². The minimum absolute atomic E-state index is 0.00641. The first kappa shape index (κ1) is 37.1. The summed E-state index contributed by atoms with van der Waals surface area (Å²) in [6.07, 6.45) is 2.48. The van der Waals surface area contributed by atoms with Crippen molar-refractivity contribution in [1.82, 2.24) is 25.3 Å². The number of benzene rings is 3. The number of carbonyl (C=O) groups is 3. The molecule has 0 bridgehead atoms. The highest BCUT2D eigenvalue weighted by atomic mass is 19.1. The minimum Gasteiger partial charge on any atom is -0.494 e. The molecule has 6 aromatic rings. The van der Waals surface area contributed by atoms with Gasteiger partial charge in [-0.05, 0) is 87.0 Å². The van der Waals surface area contributed by atoms with Crippen LogP contribution in [0.15, 0.2) is 91.1 Å². The molecule has 13 heteroatoms. The Morgan fingerprint density at radius 2 is 1.69 bits per heavy atom. The third-order valence-corrected chi connectivity index (χ3v) is 8.45. The van der Waals surface area contributed by atoms with Gasteiger partial charge in [0.2, 0.25) is 5.91 Å². The molecule has 3 aromatic carbocycles. The molecule has 0 unspecified atom stereocenters. The number of hydrogen-bond acceptors (Lipinski definition) is 10. The number of methoxy groups -OCH3 is 1. The Balaban J connectivity index is 1.09. The van der Waals surface area contributed by atoms with Gasteiger partial charge in [-0.3, -0.25) is 19.6 Å². The van der Waals surface area contributed by atoms with Gasteiger partial charge in [-0.15, -0.1) is 0 Å². The smallest absolute Gasteiger partial charge is 0.340 e. The number of H-pyrrole nitrogens is 1. The first-order valence-electron chi connectivity index (χ1n) is 17.4. The van der Waals surface area contributed by atoms with Gasteiger partial charge < -0.3 is 29.8 Å². The van der Waals surface area contributed by atoms with Gasteiger partial charge in [-0.25, -0.2) is 14.2 Å². The van der Waals surface area contributed by atoms with Gasteiger partial charge in [0.1, 0.15) is 23.9 Å². The van der Waals surface area contributed by atoms with E-state index in [-0.39, 0.29) is 36.1 Å². The van der Waals surface area contributed by atoms with Gasteiger partial charge in [0, 0.05) is 28.6 Å². The van der Waals surface area contributed by atoms with Crippen molar-refractivity contribution in [1.29, 1.82) is 0 Å². The summed E-state index contributed by atoms with van der Waals surface area (Å²) < 4.78 is 31.3. The molecule has 0 saturated heterocycles. The summed E-state index contributed by atoms with van der Waals surface area (Å²) in [6, 6.07) is 24.8. The molecule has 0 aliphatic heterocycles. The van der Waals surface area contributed by atoms with Gasteiger partial charge in [0.15, 0.2) is 11.6 Å². The number of ether oxygens (including phenoxy) is 3. The van der Waals surface area contributed by atoms with Crippen molar-refractivity contribution in [3.63, 3.8) is 0 Å². The largest absolute Gasteiger partial charge is 0.494 e. The maximum absolute atomic E-state index is 15.1. The van der Waals surface area contributed by atoms with E-state index in [0.29, 0.717) is 66.0 Å². The zero-order valence-corrected chi connectivity index (χ0v) is 30.1. The van der Waals surface area contributed by atoms with Gasteiger partial charge in [-0.1, -0.05) is 18.2 Å². The lowest BCUT2D eigenvalue weighted by Crippen LogP contribution is -2.28. The Morgan fingerprint density at radius 1 is 0.889 bits per heavy atom. The molecule has 3 N–H and O–H groups in total. The quantitative estimate of drug-likeness (QED) is 0.0534. The molecule has 0 aliphatic rings. The van der Waals surface area contributed by atoms with E-state index in [9.17, 15) is 14.4 Å². The number of rotatable bonds is 16. The summed E-state index contributed by atoms with van der Waals surface area (Å²) in [4.78, 5) is 53.2. The van der Waals surface area contributed by atoms with Crippen LogP contribution in [0.1, 0.15) is 52.0 Å². The molecule has 0 saturated carbocycles. The van der Waals surface area contributed by atoms with Crippen LogP contribution in [-0.4, -0.2) is 64.5 Å². The summed E-state index contributed by atoms with van der Waals surface area (Å²) in [6.45, 7) is 4.50. The molecular formula is C41H39FN6O6. The number of pyridine rings is 2. The normalized spacial score (nSPS) is 10.9. The Hall–Kier alpha value is -6.63. The van der Waals surface area contributed by atoms with E-state index in [1.807, 2.05) is 49.4 Å². The number of anilines is 1. The number of nitrogens with one attached hydrogen (secondary N) is 3. The third kappa shape index (κ3) is 9.23. The molecule has 6 rings (SSSR count). The molecule has 0 fully saturated rings. The van der Waals surface area contributed by atoms with Gasteiger partial charge >= 0.3 is 5.97 Å². The van der Waals surface area contributed by atoms with E-state index in [1.165, 1.54) is 26.2 Å². The molecule has 0 spiro atoms. The lowest BCUT2D eigenvalue weighted by molar-refractivity contribution is -0.121. The number of nitrogens with zero attached hydrogens (tertiary/aromatic N) is 3. The molecule has 0 aliphatic carbocycles. The third-order valence-electron chi connectivity index (χ3n) is 8.45. The van der Waals surface area contributed by atoms with E-state index in [2.05, 4.69) is 20.6 Å². The molecular weight excluding hydrogens is 691 g/mol. The van der Waals surface area contributed by atoms with Crippen LogP contribution in [0.5, 0.6) is 11.5 Å². The van der Waals surface area contributed by atoms with Crippen molar-refractivity contribution in [2.75, 3.05) is 32.2 Å². The van der Waals surface area contributed by atoms with Crippen LogP contribution in [0.4, 0.5) is 10.1 Å². The van der Waals surface area contributed by atoms with Crippen LogP contribution in [0.2, 0.25) is 0 Å². The Labute approximate surface area is 311 Å². The molecule has 3 heterocycles. The molecule has 0 radical (unpaired) electrons. The topological polar surface area (TPSA) is 157 Å². The second kappa shape index (κ2) is 17.3. The van der Waals surface area contributed by atoms with Crippen LogP contribution in [0.3, 0.4) is 0 Å². The fourth-order valence-electron chi connectivity index (χ4n) is 5.69. The highest BCUT2D eigenvalue weighted by Gasteiger charge is 2.19. The lowest BCUT2D eigenvalue weighted by atomic mass is 10.1. The summed E-state index contributed by atoms with van der Waals surface area (Å²) >= 11 is 0. The number of fused-ring (bicyclic) bond motifs is 1. The van der Waals surface area contributed by atoms with Crippen molar-refractivity contribution in [3.8, 4) is 34.1 Å². The summed E-state index contributed by atoms with van der Waals surface area (Å²) in [7, 11) is 1.20. The van der Waals surface area contributed by atoms with Crippen molar-refractivity contribution >= 4 is 34.3 Å². The number of esters is 1. The van der Waals surface area contributed by atoms with Crippen LogP contribution >= 0.6 is 0 Å².